The van der Waals surface area contributed by atoms with E-state index < -0.39 is 10.0 Å². The molecule has 31 heavy (non-hydrogen) atoms. The average molecular weight is 446 g/mol. The summed E-state index contributed by atoms with van der Waals surface area (Å²) in [7, 11) is -3.66. The number of piperazine rings is 1. The Morgan fingerprint density at radius 2 is 1.58 bits per heavy atom. The molecule has 9 heteroatoms. The fraction of sp³-hybridized carbons (Fsp3) is 0.500. The maximum absolute atomic E-state index is 12.7. The van der Waals surface area contributed by atoms with Gasteiger partial charge in [0.05, 0.1) is 4.90 Å². The first-order chi connectivity index (χ1) is 14.6. The molecule has 1 aliphatic rings. The van der Waals surface area contributed by atoms with Crippen molar-refractivity contribution in [2.45, 2.75) is 45.9 Å². The fourth-order valence-corrected chi connectivity index (χ4v) is 5.64. The summed E-state index contributed by atoms with van der Waals surface area (Å²) in [5.41, 5.74) is 3.37. The van der Waals surface area contributed by atoms with Crippen LogP contribution in [0.3, 0.4) is 0 Å². The summed E-state index contributed by atoms with van der Waals surface area (Å²) < 4.78 is 28.1. The minimum absolute atomic E-state index is 0.0465. The number of hydrogen-bond donors (Lipinski definition) is 1. The molecule has 0 aliphatic carbocycles. The van der Waals surface area contributed by atoms with Crippen LogP contribution in [0.15, 0.2) is 23.1 Å². The quantitative estimate of drug-likeness (QED) is 0.731. The number of nitrogens with zero attached hydrogens (tertiary/aromatic N) is 4. The Labute approximate surface area is 184 Å². The summed E-state index contributed by atoms with van der Waals surface area (Å²) in [6.45, 7) is 12.0. The maximum atomic E-state index is 12.7. The van der Waals surface area contributed by atoms with Crippen LogP contribution in [0.5, 0.6) is 0 Å². The molecule has 0 unspecified atom stereocenters. The summed E-state index contributed by atoms with van der Waals surface area (Å²) in [6, 6.07) is 5.66. The number of carbonyl (C=O) groups is 1. The fourth-order valence-electron chi connectivity index (χ4n) is 4.16. The first-order valence-corrected chi connectivity index (χ1v) is 12.0. The summed E-state index contributed by atoms with van der Waals surface area (Å²) in [6.07, 6.45) is 0.134. The van der Waals surface area contributed by atoms with E-state index in [0.29, 0.717) is 42.2 Å². The summed E-state index contributed by atoms with van der Waals surface area (Å²) >= 11 is 0. The van der Waals surface area contributed by atoms with E-state index in [1.165, 1.54) is 0 Å². The van der Waals surface area contributed by atoms with Crippen LogP contribution < -0.4 is 9.62 Å². The van der Waals surface area contributed by atoms with E-state index in [4.69, 9.17) is 0 Å². The number of benzene rings is 1. The highest BCUT2D eigenvalue weighted by Crippen LogP contribution is 2.21. The third-order valence-electron chi connectivity index (χ3n) is 5.41. The summed E-state index contributed by atoms with van der Waals surface area (Å²) in [5.74, 6) is 1.57. The molecule has 2 aromatic rings. The first kappa shape index (κ1) is 23.1. The van der Waals surface area contributed by atoms with Crippen molar-refractivity contribution in [2.24, 2.45) is 0 Å². The van der Waals surface area contributed by atoms with Crippen LogP contribution in [0.2, 0.25) is 0 Å². The van der Waals surface area contributed by atoms with Crippen molar-refractivity contribution in [1.82, 2.24) is 19.6 Å². The van der Waals surface area contributed by atoms with E-state index in [1.54, 1.807) is 18.7 Å². The Balaban J connectivity index is 1.53. The molecule has 1 aromatic heterocycles. The summed E-state index contributed by atoms with van der Waals surface area (Å²) in [5, 5.41) is 0. The number of sulfonamides is 1. The molecule has 0 atom stereocenters. The van der Waals surface area contributed by atoms with Gasteiger partial charge in [-0.15, -0.1) is 0 Å². The van der Waals surface area contributed by atoms with Gasteiger partial charge < -0.3 is 9.80 Å². The second-order valence-electron chi connectivity index (χ2n) is 8.16. The smallest absolute Gasteiger partial charge is 0.241 e. The van der Waals surface area contributed by atoms with E-state index in [9.17, 15) is 13.2 Å². The highest BCUT2D eigenvalue weighted by molar-refractivity contribution is 7.89. The lowest BCUT2D eigenvalue weighted by Crippen LogP contribution is -2.49. The number of aromatic nitrogens is 2. The molecule has 1 aliphatic heterocycles. The Morgan fingerprint density at radius 1 is 0.968 bits per heavy atom. The molecule has 2 heterocycles. The van der Waals surface area contributed by atoms with Gasteiger partial charge in [0.1, 0.15) is 11.6 Å². The molecule has 0 radical (unpaired) electrons. The highest BCUT2D eigenvalue weighted by Gasteiger charge is 2.24. The summed E-state index contributed by atoms with van der Waals surface area (Å²) in [4.78, 5) is 25.6. The first-order valence-electron chi connectivity index (χ1n) is 10.5. The van der Waals surface area contributed by atoms with E-state index in [-0.39, 0.29) is 18.9 Å². The lowest BCUT2D eigenvalue weighted by Gasteiger charge is -2.35. The van der Waals surface area contributed by atoms with Gasteiger partial charge >= 0.3 is 0 Å². The van der Waals surface area contributed by atoms with Gasteiger partial charge in [-0.25, -0.2) is 23.1 Å². The van der Waals surface area contributed by atoms with Crippen LogP contribution in [-0.4, -0.2) is 61.9 Å². The van der Waals surface area contributed by atoms with Crippen LogP contribution in [0, 0.1) is 34.6 Å². The van der Waals surface area contributed by atoms with Crippen molar-refractivity contribution in [2.75, 3.05) is 37.6 Å². The number of aryl methyl sites for hydroxylation is 5. The van der Waals surface area contributed by atoms with Crippen molar-refractivity contribution in [3.8, 4) is 0 Å². The van der Waals surface area contributed by atoms with Crippen LogP contribution in [0.25, 0.3) is 0 Å². The van der Waals surface area contributed by atoms with Crippen LogP contribution in [0.4, 0.5) is 5.82 Å². The second-order valence-corrected chi connectivity index (χ2v) is 9.86. The third kappa shape index (κ3) is 5.59. The van der Waals surface area contributed by atoms with Gasteiger partial charge in [-0.1, -0.05) is 17.7 Å². The monoisotopic (exact) mass is 445 g/mol. The van der Waals surface area contributed by atoms with E-state index >= 15 is 0 Å². The van der Waals surface area contributed by atoms with Gasteiger partial charge in [0, 0.05) is 50.9 Å². The molecular weight excluding hydrogens is 414 g/mol. The molecule has 0 spiro atoms. The average Bonchev–Trinajstić information content (AvgIpc) is 2.66. The lowest BCUT2D eigenvalue weighted by molar-refractivity contribution is -0.131. The van der Waals surface area contributed by atoms with Crippen LogP contribution >= 0.6 is 0 Å². The second kappa shape index (κ2) is 9.32. The number of rotatable bonds is 6. The molecule has 1 fully saturated rings. The standard InChI is InChI=1S/C22H31N5O3S/c1-15-12-16(2)22(17(3)13-15)31(29,30)23-7-6-21(28)27-10-8-26(9-11-27)20-14-18(4)24-19(5)25-20/h12-14,23H,6-11H2,1-5H3. The van der Waals surface area contributed by atoms with Crippen molar-refractivity contribution in [3.05, 3.63) is 46.4 Å². The number of amides is 1. The minimum Gasteiger partial charge on any atom is -0.353 e. The zero-order chi connectivity index (χ0) is 22.8. The molecule has 8 nitrogen and oxygen atoms in total. The van der Waals surface area contributed by atoms with E-state index in [1.807, 2.05) is 39.0 Å². The number of nitrogens with one attached hydrogen (secondary N) is 1. The SMILES string of the molecule is Cc1cc(C)c(S(=O)(=O)NCCC(=O)N2CCN(c3cc(C)nc(C)n3)CC2)c(C)c1. The molecule has 1 aromatic carbocycles. The van der Waals surface area contributed by atoms with Crippen molar-refractivity contribution < 1.29 is 13.2 Å². The molecule has 168 valence electrons. The van der Waals surface area contributed by atoms with Gasteiger partial charge in [0.2, 0.25) is 15.9 Å². The normalized spacial score (nSPS) is 14.7. The van der Waals surface area contributed by atoms with Gasteiger partial charge in [0.25, 0.3) is 0 Å². The molecule has 1 N–H and O–H groups in total. The zero-order valence-corrected chi connectivity index (χ0v) is 19.7. The van der Waals surface area contributed by atoms with Crippen molar-refractivity contribution >= 4 is 21.7 Å². The maximum Gasteiger partial charge on any atom is 0.241 e. The van der Waals surface area contributed by atoms with Gasteiger partial charge in [0.15, 0.2) is 0 Å². The van der Waals surface area contributed by atoms with E-state index in [2.05, 4.69) is 19.6 Å². The van der Waals surface area contributed by atoms with Crippen LogP contribution in [-0.2, 0) is 14.8 Å². The molecule has 0 bridgehead atoms. The number of carbonyl (C=O) groups excluding carboxylic acids is 1. The van der Waals surface area contributed by atoms with E-state index in [0.717, 1.165) is 22.9 Å². The van der Waals surface area contributed by atoms with Gasteiger partial charge in [-0.05, 0) is 45.7 Å². The zero-order valence-electron chi connectivity index (χ0n) is 18.9. The van der Waals surface area contributed by atoms with Crippen molar-refractivity contribution in [1.29, 1.82) is 0 Å². The Hall–Kier alpha value is -2.52. The largest absolute Gasteiger partial charge is 0.353 e. The highest BCUT2D eigenvalue weighted by atomic mass is 32.2. The number of hydrogen-bond acceptors (Lipinski definition) is 6. The Morgan fingerprint density at radius 3 is 2.16 bits per heavy atom. The minimum atomic E-state index is -3.66. The Kier molecular flexibility index (Phi) is 6.96. The van der Waals surface area contributed by atoms with Crippen molar-refractivity contribution in [3.63, 3.8) is 0 Å². The van der Waals surface area contributed by atoms with Gasteiger partial charge in [-0.2, -0.15) is 0 Å². The molecule has 3 rings (SSSR count). The van der Waals surface area contributed by atoms with Gasteiger partial charge in [-0.3, -0.25) is 4.79 Å². The lowest BCUT2D eigenvalue weighted by atomic mass is 10.1. The molecule has 0 saturated carbocycles. The third-order valence-corrected chi connectivity index (χ3v) is 7.18. The predicted molar refractivity (Wildman–Crippen MR) is 121 cm³/mol. The number of anilines is 1. The Bertz CT molecular complexity index is 1030. The predicted octanol–water partition coefficient (Wildman–Crippen LogP) is 2.04. The molecule has 1 amide bonds. The molecule has 1 saturated heterocycles. The van der Waals surface area contributed by atoms with Crippen LogP contribution in [0.1, 0.15) is 34.6 Å². The topological polar surface area (TPSA) is 95.5 Å². The molecular formula is C22H31N5O3S.